The summed E-state index contributed by atoms with van der Waals surface area (Å²) in [5.74, 6) is 0.618. The normalized spacial score (nSPS) is 11.1. The van der Waals surface area contributed by atoms with Crippen LogP contribution in [0.4, 0.5) is 0 Å². The highest BCUT2D eigenvalue weighted by Crippen LogP contribution is 2.24. The van der Waals surface area contributed by atoms with Crippen LogP contribution in [0.3, 0.4) is 0 Å². The third-order valence-corrected chi connectivity index (χ3v) is 4.73. The maximum Gasteiger partial charge on any atom is 0.204 e. The fourth-order valence-electron chi connectivity index (χ4n) is 2.57. The lowest BCUT2D eigenvalue weighted by Crippen LogP contribution is -1.99. The van der Waals surface area contributed by atoms with Crippen molar-refractivity contribution in [3.05, 3.63) is 63.9 Å². The van der Waals surface area contributed by atoms with Gasteiger partial charge >= 0.3 is 0 Å². The number of hydrogen-bond acceptors (Lipinski definition) is 3. The van der Waals surface area contributed by atoms with Gasteiger partial charge in [-0.3, -0.25) is 0 Å². The number of fused-ring (bicyclic) bond motifs is 1. The number of aromatic nitrogens is 5. The standard InChI is InChI=1S/C16H12IN5/c17-14-4-2-1-3-13(14)10-22-8-7-11-9-12(5-6-15(11)22)16-18-20-21-19-16/h1-9H,10H2,(H,18,19,20,21). The number of nitrogens with zero attached hydrogens (tertiary/aromatic N) is 4. The van der Waals surface area contributed by atoms with E-state index in [1.54, 1.807) is 0 Å². The minimum absolute atomic E-state index is 0.618. The summed E-state index contributed by atoms with van der Waals surface area (Å²) in [6, 6.07) is 16.8. The lowest BCUT2D eigenvalue weighted by molar-refractivity contribution is 0.833. The van der Waals surface area contributed by atoms with Gasteiger partial charge in [-0.05, 0) is 63.7 Å². The van der Waals surface area contributed by atoms with E-state index in [0.717, 1.165) is 12.1 Å². The van der Waals surface area contributed by atoms with Crippen LogP contribution in [-0.4, -0.2) is 25.2 Å². The fraction of sp³-hybridized carbons (Fsp3) is 0.0625. The molecule has 0 atom stereocenters. The molecule has 0 fully saturated rings. The Morgan fingerprint density at radius 3 is 2.82 bits per heavy atom. The highest BCUT2D eigenvalue weighted by molar-refractivity contribution is 14.1. The first-order valence-corrected chi connectivity index (χ1v) is 7.95. The molecule has 0 amide bonds. The molecule has 0 aliphatic carbocycles. The van der Waals surface area contributed by atoms with Crippen molar-refractivity contribution in [3.8, 4) is 11.4 Å². The Labute approximate surface area is 140 Å². The molecule has 0 radical (unpaired) electrons. The van der Waals surface area contributed by atoms with Gasteiger partial charge in [0.2, 0.25) is 5.82 Å². The van der Waals surface area contributed by atoms with Crippen LogP contribution in [0.5, 0.6) is 0 Å². The summed E-state index contributed by atoms with van der Waals surface area (Å²) >= 11 is 2.38. The molecule has 2 heterocycles. The fourth-order valence-corrected chi connectivity index (χ4v) is 3.13. The number of benzene rings is 2. The smallest absolute Gasteiger partial charge is 0.204 e. The molecule has 1 N–H and O–H groups in total. The van der Waals surface area contributed by atoms with Crippen molar-refractivity contribution < 1.29 is 0 Å². The second kappa shape index (κ2) is 5.53. The molecule has 5 nitrogen and oxygen atoms in total. The van der Waals surface area contributed by atoms with Crippen LogP contribution in [-0.2, 0) is 6.54 Å². The molecular formula is C16H12IN5. The van der Waals surface area contributed by atoms with Crippen molar-refractivity contribution in [1.82, 2.24) is 25.2 Å². The first-order valence-electron chi connectivity index (χ1n) is 6.87. The summed E-state index contributed by atoms with van der Waals surface area (Å²) in [6.45, 7) is 0.865. The van der Waals surface area contributed by atoms with Gasteiger partial charge in [-0.15, -0.1) is 10.2 Å². The SMILES string of the molecule is Ic1ccccc1Cn1ccc2cc(-c3nn[nH]n3)ccc21. The number of halogens is 1. The quantitative estimate of drug-likeness (QED) is 0.535. The van der Waals surface area contributed by atoms with Crippen LogP contribution in [0.15, 0.2) is 54.7 Å². The average molecular weight is 401 g/mol. The number of aromatic amines is 1. The molecule has 2 aromatic heterocycles. The highest BCUT2D eigenvalue weighted by Gasteiger charge is 2.08. The van der Waals surface area contributed by atoms with E-state index in [2.05, 4.69) is 96.4 Å². The number of tetrazole rings is 1. The third kappa shape index (κ3) is 2.39. The molecule has 0 saturated heterocycles. The predicted molar refractivity (Wildman–Crippen MR) is 93.4 cm³/mol. The van der Waals surface area contributed by atoms with Crippen LogP contribution in [0.1, 0.15) is 5.56 Å². The maximum absolute atomic E-state index is 4.02. The molecule has 6 heteroatoms. The van der Waals surface area contributed by atoms with Crippen LogP contribution >= 0.6 is 22.6 Å². The second-order valence-electron chi connectivity index (χ2n) is 5.04. The molecule has 4 aromatic rings. The van der Waals surface area contributed by atoms with Crippen molar-refractivity contribution in [2.45, 2.75) is 6.54 Å². The average Bonchev–Trinajstić information content (AvgIpc) is 3.19. The van der Waals surface area contributed by atoms with E-state index >= 15 is 0 Å². The van der Waals surface area contributed by atoms with E-state index in [1.165, 1.54) is 20.0 Å². The van der Waals surface area contributed by atoms with E-state index in [-0.39, 0.29) is 0 Å². The number of rotatable bonds is 3. The Hall–Kier alpha value is -2.22. The van der Waals surface area contributed by atoms with E-state index in [0.29, 0.717) is 5.82 Å². The van der Waals surface area contributed by atoms with Crippen LogP contribution in [0, 0.1) is 3.57 Å². The van der Waals surface area contributed by atoms with Crippen molar-refractivity contribution >= 4 is 33.5 Å². The first kappa shape index (κ1) is 13.4. The maximum atomic E-state index is 4.02. The first-order chi connectivity index (χ1) is 10.8. The minimum Gasteiger partial charge on any atom is -0.343 e. The monoisotopic (exact) mass is 401 g/mol. The van der Waals surface area contributed by atoms with Crippen molar-refractivity contribution in [2.24, 2.45) is 0 Å². The van der Waals surface area contributed by atoms with Crippen molar-refractivity contribution in [3.63, 3.8) is 0 Å². The summed E-state index contributed by atoms with van der Waals surface area (Å²) in [4.78, 5) is 0. The molecular weight excluding hydrogens is 389 g/mol. The van der Waals surface area contributed by atoms with Gasteiger partial charge in [-0.2, -0.15) is 5.21 Å². The van der Waals surface area contributed by atoms with Gasteiger partial charge in [0.1, 0.15) is 0 Å². The highest BCUT2D eigenvalue weighted by atomic mass is 127. The number of nitrogens with one attached hydrogen (secondary N) is 1. The molecule has 0 spiro atoms. The Morgan fingerprint density at radius 1 is 1.09 bits per heavy atom. The van der Waals surface area contributed by atoms with Gasteiger partial charge in [0.25, 0.3) is 0 Å². The third-order valence-electron chi connectivity index (χ3n) is 3.67. The van der Waals surface area contributed by atoms with E-state index < -0.39 is 0 Å². The Kier molecular flexibility index (Phi) is 3.38. The molecule has 108 valence electrons. The molecule has 0 aliphatic heterocycles. The van der Waals surface area contributed by atoms with E-state index in [1.807, 2.05) is 6.07 Å². The molecule has 22 heavy (non-hydrogen) atoms. The van der Waals surface area contributed by atoms with Gasteiger partial charge in [-0.1, -0.05) is 18.2 Å². The topological polar surface area (TPSA) is 59.4 Å². The minimum atomic E-state index is 0.618. The summed E-state index contributed by atoms with van der Waals surface area (Å²) < 4.78 is 3.54. The van der Waals surface area contributed by atoms with E-state index in [9.17, 15) is 0 Å². The van der Waals surface area contributed by atoms with Gasteiger partial charge in [0.05, 0.1) is 0 Å². The summed E-state index contributed by atoms with van der Waals surface area (Å²) in [5, 5.41) is 15.3. The molecule has 0 saturated carbocycles. The lowest BCUT2D eigenvalue weighted by Gasteiger charge is -2.08. The molecule has 0 unspecified atom stereocenters. The molecule has 4 rings (SSSR count). The molecule has 0 aliphatic rings. The molecule has 0 bridgehead atoms. The Balaban J connectivity index is 1.73. The van der Waals surface area contributed by atoms with Crippen LogP contribution in [0.2, 0.25) is 0 Å². The molecule has 2 aromatic carbocycles. The summed E-state index contributed by atoms with van der Waals surface area (Å²) in [6.07, 6.45) is 2.12. The number of hydrogen-bond donors (Lipinski definition) is 1. The zero-order chi connectivity index (χ0) is 14.9. The largest absolute Gasteiger partial charge is 0.343 e. The van der Waals surface area contributed by atoms with Gasteiger partial charge in [-0.25, -0.2) is 0 Å². The lowest BCUT2D eigenvalue weighted by atomic mass is 10.1. The van der Waals surface area contributed by atoms with Crippen LogP contribution in [0.25, 0.3) is 22.3 Å². The zero-order valence-corrected chi connectivity index (χ0v) is 13.7. The van der Waals surface area contributed by atoms with Crippen molar-refractivity contribution in [2.75, 3.05) is 0 Å². The summed E-state index contributed by atoms with van der Waals surface area (Å²) in [7, 11) is 0. The second-order valence-corrected chi connectivity index (χ2v) is 6.21. The van der Waals surface area contributed by atoms with Gasteiger partial charge < -0.3 is 4.57 Å². The summed E-state index contributed by atoms with van der Waals surface area (Å²) in [5.41, 5.74) is 3.49. The Bertz CT molecular complexity index is 927. The van der Waals surface area contributed by atoms with Gasteiger partial charge in [0, 0.05) is 32.8 Å². The number of H-pyrrole nitrogens is 1. The zero-order valence-electron chi connectivity index (χ0n) is 11.6. The Morgan fingerprint density at radius 2 is 2.00 bits per heavy atom. The van der Waals surface area contributed by atoms with Gasteiger partial charge in [0.15, 0.2) is 0 Å². The van der Waals surface area contributed by atoms with Crippen LogP contribution < -0.4 is 0 Å². The van der Waals surface area contributed by atoms with E-state index in [4.69, 9.17) is 0 Å². The predicted octanol–water partition coefficient (Wildman–Crippen LogP) is 3.47. The van der Waals surface area contributed by atoms with Crippen molar-refractivity contribution in [1.29, 1.82) is 0 Å².